The molecule has 0 aromatic carbocycles. The van der Waals surface area contributed by atoms with E-state index in [0.29, 0.717) is 6.10 Å². The fraction of sp³-hybridized carbons (Fsp3) is 0.545. The number of hydrogen-bond donors (Lipinski definition) is 1. The van der Waals surface area contributed by atoms with Crippen molar-refractivity contribution in [1.82, 2.24) is 4.98 Å². The van der Waals surface area contributed by atoms with E-state index in [4.69, 9.17) is 4.74 Å². The highest BCUT2D eigenvalue weighted by Gasteiger charge is 2.23. The Morgan fingerprint density at radius 3 is 2.86 bits per heavy atom. The lowest BCUT2D eigenvalue weighted by atomic mass is 10.3. The average Bonchev–Trinajstić information content (AvgIpc) is 3.01. The van der Waals surface area contributed by atoms with Crippen molar-refractivity contribution in [3.8, 4) is 5.75 Å². The third kappa shape index (κ3) is 2.16. The first-order chi connectivity index (χ1) is 6.81. The first-order valence-corrected chi connectivity index (χ1v) is 5.17. The second-order valence-corrected chi connectivity index (χ2v) is 3.60. The van der Waals surface area contributed by atoms with Gasteiger partial charge in [-0.15, -0.1) is 0 Å². The van der Waals surface area contributed by atoms with E-state index < -0.39 is 0 Å². The van der Waals surface area contributed by atoms with E-state index in [1.54, 1.807) is 0 Å². The number of nitrogens with one attached hydrogen (secondary N) is 1. The molecule has 3 nitrogen and oxygen atoms in total. The quantitative estimate of drug-likeness (QED) is 0.794. The molecular formula is C11H16N2O. The molecule has 0 saturated heterocycles. The maximum absolute atomic E-state index is 5.73. The number of hydrogen-bond acceptors (Lipinski definition) is 3. The first-order valence-electron chi connectivity index (χ1n) is 5.17. The van der Waals surface area contributed by atoms with E-state index in [-0.39, 0.29) is 0 Å². The molecule has 0 atom stereocenters. The van der Waals surface area contributed by atoms with Crippen LogP contribution in [0.2, 0.25) is 0 Å². The molecule has 1 N–H and O–H groups in total. The molecule has 0 aliphatic heterocycles. The molecule has 1 aliphatic carbocycles. The van der Waals surface area contributed by atoms with E-state index in [2.05, 4.69) is 17.2 Å². The smallest absolute Gasteiger partial charge is 0.129 e. The standard InChI is InChI=1S/C11H16N2O/c1-3-8-6-10(14-9-4-5-9)7-11(12-2)13-8/h6-7,9H,3-5H2,1-2H3,(H,12,13). The number of pyridine rings is 1. The first kappa shape index (κ1) is 9.31. The molecule has 76 valence electrons. The Balaban J connectivity index is 2.19. The summed E-state index contributed by atoms with van der Waals surface area (Å²) in [4.78, 5) is 4.41. The van der Waals surface area contributed by atoms with Crippen molar-refractivity contribution < 1.29 is 4.74 Å². The van der Waals surface area contributed by atoms with Crippen molar-refractivity contribution >= 4 is 5.82 Å². The summed E-state index contributed by atoms with van der Waals surface area (Å²) in [5.41, 5.74) is 1.08. The summed E-state index contributed by atoms with van der Waals surface area (Å²) >= 11 is 0. The zero-order valence-electron chi connectivity index (χ0n) is 8.71. The molecule has 14 heavy (non-hydrogen) atoms. The zero-order valence-corrected chi connectivity index (χ0v) is 8.71. The van der Waals surface area contributed by atoms with Gasteiger partial charge in [-0.2, -0.15) is 0 Å². The summed E-state index contributed by atoms with van der Waals surface area (Å²) in [5, 5.41) is 3.04. The van der Waals surface area contributed by atoms with Crippen LogP contribution in [0.4, 0.5) is 5.82 Å². The third-order valence-corrected chi connectivity index (χ3v) is 2.30. The van der Waals surface area contributed by atoms with Gasteiger partial charge in [0.25, 0.3) is 0 Å². The molecule has 0 unspecified atom stereocenters. The number of aromatic nitrogens is 1. The van der Waals surface area contributed by atoms with Crippen LogP contribution in [0.1, 0.15) is 25.5 Å². The monoisotopic (exact) mass is 192 g/mol. The van der Waals surface area contributed by atoms with Crippen LogP contribution in [0.5, 0.6) is 5.75 Å². The number of aryl methyl sites for hydroxylation is 1. The van der Waals surface area contributed by atoms with Gasteiger partial charge in [-0.05, 0) is 19.3 Å². The highest BCUT2D eigenvalue weighted by Crippen LogP contribution is 2.28. The Bertz CT molecular complexity index is 299. The number of ether oxygens (including phenoxy) is 1. The summed E-state index contributed by atoms with van der Waals surface area (Å²) in [6.07, 6.45) is 3.78. The Kier molecular flexibility index (Phi) is 2.57. The van der Waals surface area contributed by atoms with Crippen molar-refractivity contribution in [2.45, 2.75) is 32.3 Å². The second kappa shape index (κ2) is 3.86. The Morgan fingerprint density at radius 2 is 2.29 bits per heavy atom. The van der Waals surface area contributed by atoms with Crippen LogP contribution in [-0.4, -0.2) is 18.1 Å². The van der Waals surface area contributed by atoms with Crippen LogP contribution in [-0.2, 0) is 6.42 Å². The highest BCUT2D eigenvalue weighted by molar-refractivity contribution is 5.42. The molecule has 0 radical (unpaired) electrons. The molecule has 1 aromatic rings. The van der Waals surface area contributed by atoms with Gasteiger partial charge < -0.3 is 10.1 Å². The third-order valence-electron chi connectivity index (χ3n) is 2.30. The van der Waals surface area contributed by atoms with Crippen LogP contribution in [0.15, 0.2) is 12.1 Å². The topological polar surface area (TPSA) is 34.1 Å². The lowest BCUT2D eigenvalue weighted by Crippen LogP contribution is -2.01. The van der Waals surface area contributed by atoms with Crippen LogP contribution in [0.3, 0.4) is 0 Å². The minimum absolute atomic E-state index is 0.451. The normalized spacial score (nSPS) is 15.3. The van der Waals surface area contributed by atoms with Crippen LogP contribution in [0, 0.1) is 0 Å². The Labute approximate surface area is 84.5 Å². The van der Waals surface area contributed by atoms with Crippen molar-refractivity contribution in [2.75, 3.05) is 12.4 Å². The van der Waals surface area contributed by atoms with Crippen molar-refractivity contribution in [2.24, 2.45) is 0 Å². The highest BCUT2D eigenvalue weighted by atomic mass is 16.5. The summed E-state index contributed by atoms with van der Waals surface area (Å²) in [6.45, 7) is 2.10. The molecule has 1 aliphatic rings. The summed E-state index contributed by atoms with van der Waals surface area (Å²) in [5.74, 6) is 1.84. The predicted octanol–water partition coefficient (Wildman–Crippen LogP) is 2.23. The lowest BCUT2D eigenvalue weighted by molar-refractivity contribution is 0.302. The van der Waals surface area contributed by atoms with Crippen molar-refractivity contribution in [3.63, 3.8) is 0 Å². The lowest BCUT2D eigenvalue weighted by Gasteiger charge is -2.08. The van der Waals surface area contributed by atoms with Gasteiger partial charge in [0, 0.05) is 24.9 Å². The summed E-state index contributed by atoms with van der Waals surface area (Å²) in [7, 11) is 1.88. The van der Waals surface area contributed by atoms with Gasteiger partial charge >= 0.3 is 0 Å². The van der Waals surface area contributed by atoms with Gasteiger partial charge in [-0.1, -0.05) is 6.92 Å². The fourth-order valence-electron chi connectivity index (χ4n) is 1.32. The van der Waals surface area contributed by atoms with Crippen LogP contribution >= 0.6 is 0 Å². The van der Waals surface area contributed by atoms with E-state index in [9.17, 15) is 0 Å². The van der Waals surface area contributed by atoms with Crippen molar-refractivity contribution in [3.05, 3.63) is 17.8 Å². The molecule has 2 rings (SSSR count). The molecule has 3 heteroatoms. The molecule has 1 aromatic heterocycles. The molecule has 0 bridgehead atoms. The molecule has 1 heterocycles. The SMILES string of the molecule is CCc1cc(OC2CC2)cc(NC)n1. The molecular weight excluding hydrogens is 176 g/mol. The zero-order chi connectivity index (χ0) is 9.97. The average molecular weight is 192 g/mol. The van der Waals surface area contributed by atoms with Gasteiger partial charge in [0.15, 0.2) is 0 Å². The molecule has 1 saturated carbocycles. The van der Waals surface area contributed by atoms with Crippen molar-refractivity contribution in [1.29, 1.82) is 0 Å². The van der Waals surface area contributed by atoms with E-state index >= 15 is 0 Å². The van der Waals surface area contributed by atoms with E-state index in [1.807, 2.05) is 19.2 Å². The maximum Gasteiger partial charge on any atom is 0.129 e. The van der Waals surface area contributed by atoms with E-state index in [1.165, 1.54) is 12.8 Å². The molecule has 0 spiro atoms. The minimum atomic E-state index is 0.451. The number of anilines is 1. The Morgan fingerprint density at radius 1 is 1.50 bits per heavy atom. The Hall–Kier alpha value is -1.25. The largest absolute Gasteiger partial charge is 0.490 e. The summed E-state index contributed by atoms with van der Waals surface area (Å²) < 4.78 is 5.73. The van der Waals surface area contributed by atoms with Gasteiger partial charge in [-0.25, -0.2) is 4.98 Å². The minimum Gasteiger partial charge on any atom is -0.490 e. The summed E-state index contributed by atoms with van der Waals surface area (Å²) in [6, 6.07) is 3.98. The molecule has 1 fully saturated rings. The predicted molar refractivity (Wildman–Crippen MR) is 56.8 cm³/mol. The number of rotatable bonds is 4. The van der Waals surface area contributed by atoms with Crippen LogP contribution in [0.25, 0.3) is 0 Å². The number of nitrogens with zero attached hydrogens (tertiary/aromatic N) is 1. The van der Waals surface area contributed by atoms with Gasteiger partial charge in [0.1, 0.15) is 11.6 Å². The fourth-order valence-corrected chi connectivity index (χ4v) is 1.32. The van der Waals surface area contributed by atoms with Gasteiger partial charge in [0.2, 0.25) is 0 Å². The van der Waals surface area contributed by atoms with Gasteiger partial charge in [-0.3, -0.25) is 0 Å². The molecule has 0 amide bonds. The maximum atomic E-state index is 5.73. The van der Waals surface area contributed by atoms with Gasteiger partial charge in [0.05, 0.1) is 6.10 Å². The second-order valence-electron chi connectivity index (χ2n) is 3.60. The van der Waals surface area contributed by atoms with Crippen LogP contribution < -0.4 is 10.1 Å². The van der Waals surface area contributed by atoms with E-state index in [0.717, 1.165) is 23.7 Å².